The van der Waals surface area contributed by atoms with Crippen molar-refractivity contribution in [3.8, 4) is 5.75 Å². The first kappa shape index (κ1) is 18.6. The van der Waals surface area contributed by atoms with Crippen LogP contribution in [0.3, 0.4) is 0 Å². The molecule has 3 rings (SSSR count). The Balaban J connectivity index is 1.69. The fourth-order valence-corrected chi connectivity index (χ4v) is 3.29. The van der Waals surface area contributed by atoms with Gasteiger partial charge in [0.1, 0.15) is 5.75 Å². The van der Waals surface area contributed by atoms with Crippen LogP contribution in [0.2, 0.25) is 0 Å². The minimum Gasteiger partial charge on any atom is -0.490 e. The molecule has 1 aliphatic heterocycles. The maximum absolute atomic E-state index is 13.1. The third-order valence-electron chi connectivity index (χ3n) is 4.23. The largest absolute Gasteiger partial charge is 0.490 e. The molecular weight excluding hydrogens is 396 g/mol. The van der Waals surface area contributed by atoms with Crippen molar-refractivity contribution in [2.24, 2.45) is 0 Å². The van der Waals surface area contributed by atoms with Gasteiger partial charge in [-0.05, 0) is 54.8 Å². The Bertz CT molecular complexity index is 751. The number of nitrogens with one attached hydrogen (secondary N) is 1. The van der Waals surface area contributed by atoms with Crippen LogP contribution in [0.5, 0.6) is 5.75 Å². The molecule has 0 radical (unpaired) electrons. The molecule has 6 nitrogen and oxygen atoms in total. The summed E-state index contributed by atoms with van der Waals surface area (Å²) in [4.78, 5) is 23.5. The van der Waals surface area contributed by atoms with Gasteiger partial charge in [-0.1, -0.05) is 12.1 Å². The van der Waals surface area contributed by atoms with E-state index in [1.165, 1.54) is 0 Å². The van der Waals surface area contributed by atoms with Crippen molar-refractivity contribution in [1.82, 2.24) is 14.9 Å². The van der Waals surface area contributed by atoms with Crippen LogP contribution in [0.4, 0.5) is 5.95 Å². The van der Waals surface area contributed by atoms with Crippen molar-refractivity contribution >= 4 is 27.8 Å². The number of likely N-dealkylation sites (tertiary alicyclic amines) is 1. The van der Waals surface area contributed by atoms with Crippen LogP contribution in [0.25, 0.3) is 0 Å². The number of benzene rings is 1. The molecular formula is C19H23BrN4O2. The molecule has 1 N–H and O–H groups in total. The number of para-hydroxylation sites is 1. The molecule has 0 bridgehead atoms. The zero-order chi connectivity index (χ0) is 18.5. The second kappa shape index (κ2) is 8.49. The summed E-state index contributed by atoms with van der Waals surface area (Å²) in [5.74, 6) is 1.22. The van der Waals surface area contributed by atoms with Gasteiger partial charge in [-0.25, -0.2) is 9.97 Å². The van der Waals surface area contributed by atoms with E-state index in [1.54, 1.807) is 12.4 Å². The van der Waals surface area contributed by atoms with E-state index in [0.29, 0.717) is 23.8 Å². The van der Waals surface area contributed by atoms with Crippen molar-refractivity contribution in [2.75, 3.05) is 18.4 Å². The maximum Gasteiger partial charge on any atom is 0.257 e. The summed E-state index contributed by atoms with van der Waals surface area (Å²) < 4.78 is 6.65. The molecule has 1 aromatic heterocycles. The number of aromatic nitrogens is 2. The van der Waals surface area contributed by atoms with Gasteiger partial charge in [-0.3, -0.25) is 4.79 Å². The maximum atomic E-state index is 13.1. The van der Waals surface area contributed by atoms with Gasteiger partial charge in [0.2, 0.25) is 5.95 Å². The Morgan fingerprint density at radius 1 is 1.35 bits per heavy atom. The minimum absolute atomic E-state index is 0.0160. The SMILES string of the molecule is CC(C)Oc1ccccc1C(=O)N1CCC[C@H]1CNc1ncc(Br)cn1. The van der Waals surface area contributed by atoms with Crippen molar-refractivity contribution in [2.45, 2.75) is 38.8 Å². The van der Waals surface area contributed by atoms with Gasteiger partial charge in [0.15, 0.2) is 0 Å². The number of hydrogen-bond acceptors (Lipinski definition) is 5. The molecule has 26 heavy (non-hydrogen) atoms. The highest BCUT2D eigenvalue weighted by atomic mass is 79.9. The Kier molecular flexibility index (Phi) is 6.08. The summed E-state index contributed by atoms with van der Waals surface area (Å²) in [5.41, 5.74) is 0.619. The lowest BCUT2D eigenvalue weighted by Crippen LogP contribution is -2.40. The molecule has 7 heteroatoms. The number of rotatable bonds is 6. The number of anilines is 1. The molecule has 1 aliphatic rings. The van der Waals surface area contributed by atoms with E-state index in [9.17, 15) is 4.79 Å². The highest BCUT2D eigenvalue weighted by Gasteiger charge is 2.30. The van der Waals surface area contributed by atoms with Crippen LogP contribution in [0.1, 0.15) is 37.0 Å². The van der Waals surface area contributed by atoms with E-state index in [1.807, 2.05) is 43.0 Å². The van der Waals surface area contributed by atoms with Gasteiger partial charge in [-0.2, -0.15) is 0 Å². The Morgan fingerprint density at radius 2 is 2.08 bits per heavy atom. The van der Waals surface area contributed by atoms with Crippen LogP contribution < -0.4 is 10.1 Å². The first-order valence-electron chi connectivity index (χ1n) is 8.82. The van der Waals surface area contributed by atoms with Gasteiger partial charge in [0, 0.05) is 31.5 Å². The number of carbonyl (C=O) groups is 1. The summed E-state index contributed by atoms with van der Waals surface area (Å²) >= 11 is 3.32. The van der Waals surface area contributed by atoms with Crippen LogP contribution in [-0.4, -0.2) is 46.0 Å². The molecule has 0 saturated carbocycles. The first-order chi connectivity index (χ1) is 12.5. The van der Waals surface area contributed by atoms with Gasteiger partial charge in [0.25, 0.3) is 5.91 Å². The Hall–Kier alpha value is -2.15. The lowest BCUT2D eigenvalue weighted by atomic mass is 10.1. The van der Waals surface area contributed by atoms with Crippen molar-refractivity contribution in [3.05, 3.63) is 46.7 Å². The molecule has 1 saturated heterocycles. The Labute approximate surface area is 162 Å². The summed E-state index contributed by atoms with van der Waals surface area (Å²) in [6.07, 6.45) is 5.38. The highest BCUT2D eigenvalue weighted by Crippen LogP contribution is 2.26. The summed E-state index contributed by atoms with van der Waals surface area (Å²) in [6, 6.07) is 7.57. The second-order valence-electron chi connectivity index (χ2n) is 6.56. The van der Waals surface area contributed by atoms with E-state index in [4.69, 9.17) is 4.74 Å². The minimum atomic E-state index is 0.0160. The van der Waals surface area contributed by atoms with E-state index in [2.05, 4.69) is 31.2 Å². The molecule has 0 spiro atoms. The van der Waals surface area contributed by atoms with E-state index < -0.39 is 0 Å². The van der Waals surface area contributed by atoms with Gasteiger partial charge in [0.05, 0.1) is 16.1 Å². The molecule has 1 fully saturated rings. The van der Waals surface area contributed by atoms with E-state index in [-0.39, 0.29) is 18.1 Å². The molecule has 1 atom stereocenters. The topological polar surface area (TPSA) is 67.3 Å². The molecule has 2 heterocycles. The number of ether oxygens (including phenoxy) is 1. The number of amides is 1. The fraction of sp³-hybridized carbons (Fsp3) is 0.421. The quantitative estimate of drug-likeness (QED) is 0.773. The van der Waals surface area contributed by atoms with Crippen LogP contribution >= 0.6 is 15.9 Å². The van der Waals surface area contributed by atoms with E-state index in [0.717, 1.165) is 23.9 Å². The summed E-state index contributed by atoms with van der Waals surface area (Å²) in [7, 11) is 0. The first-order valence-corrected chi connectivity index (χ1v) is 9.62. The third kappa shape index (κ3) is 4.52. The van der Waals surface area contributed by atoms with Crippen molar-refractivity contribution in [1.29, 1.82) is 0 Å². The number of nitrogens with zero attached hydrogens (tertiary/aromatic N) is 3. The predicted molar refractivity (Wildman–Crippen MR) is 104 cm³/mol. The van der Waals surface area contributed by atoms with Crippen LogP contribution in [0, 0.1) is 0 Å². The average Bonchev–Trinajstić information content (AvgIpc) is 3.09. The lowest BCUT2D eigenvalue weighted by molar-refractivity contribution is 0.0737. The molecule has 1 aromatic carbocycles. The average molecular weight is 419 g/mol. The summed E-state index contributed by atoms with van der Waals surface area (Å²) in [5, 5.41) is 3.23. The van der Waals surface area contributed by atoms with Gasteiger partial charge < -0.3 is 15.0 Å². The zero-order valence-corrected chi connectivity index (χ0v) is 16.6. The fourth-order valence-electron chi connectivity index (χ4n) is 3.08. The molecule has 2 aromatic rings. The number of hydrogen-bond donors (Lipinski definition) is 1. The second-order valence-corrected chi connectivity index (χ2v) is 7.48. The molecule has 138 valence electrons. The monoisotopic (exact) mass is 418 g/mol. The lowest BCUT2D eigenvalue weighted by Gasteiger charge is -2.26. The van der Waals surface area contributed by atoms with Gasteiger partial charge in [-0.15, -0.1) is 0 Å². The van der Waals surface area contributed by atoms with Crippen LogP contribution in [0.15, 0.2) is 41.1 Å². The zero-order valence-electron chi connectivity index (χ0n) is 15.0. The molecule has 1 amide bonds. The molecule has 0 unspecified atom stereocenters. The molecule has 0 aliphatic carbocycles. The smallest absolute Gasteiger partial charge is 0.257 e. The summed E-state index contributed by atoms with van der Waals surface area (Å²) in [6.45, 7) is 5.30. The predicted octanol–water partition coefficient (Wildman–Crippen LogP) is 3.74. The third-order valence-corrected chi connectivity index (χ3v) is 4.64. The van der Waals surface area contributed by atoms with E-state index >= 15 is 0 Å². The van der Waals surface area contributed by atoms with Crippen molar-refractivity contribution in [3.63, 3.8) is 0 Å². The van der Waals surface area contributed by atoms with Crippen LogP contribution in [-0.2, 0) is 0 Å². The normalized spacial score (nSPS) is 16.8. The van der Waals surface area contributed by atoms with Crippen molar-refractivity contribution < 1.29 is 9.53 Å². The Morgan fingerprint density at radius 3 is 2.81 bits per heavy atom. The number of carbonyl (C=O) groups excluding carboxylic acids is 1. The number of halogens is 1. The highest BCUT2D eigenvalue weighted by molar-refractivity contribution is 9.10. The standard InChI is InChI=1S/C19H23BrN4O2/c1-13(2)26-17-8-4-3-7-16(17)18(25)24-9-5-6-15(24)12-23-19-21-10-14(20)11-22-19/h3-4,7-8,10-11,13,15H,5-6,9,12H2,1-2H3,(H,21,22,23)/t15-/m0/s1. The van der Waals surface area contributed by atoms with Gasteiger partial charge >= 0.3 is 0 Å².